The third-order valence-corrected chi connectivity index (χ3v) is 5.03. The number of ether oxygens (including phenoxy) is 1. The van der Waals surface area contributed by atoms with Crippen LogP contribution >= 0.6 is 0 Å². The molecule has 2 amide bonds. The molecule has 3 rings (SSSR count). The highest BCUT2D eigenvalue weighted by Gasteiger charge is 2.26. The molecule has 1 aromatic rings. The Morgan fingerprint density at radius 1 is 1.17 bits per heavy atom. The maximum Gasteiger partial charge on any atom is 0.317 e. The lowest BCUT2D eigenvalue weighted by atomic mass is 10.1. The average Bonchev–Trinajstić information content (AvgIpc) is 3.15. The van der Waals surface area contributed by atoms with E-state index in [1.165, 1.54) is 25.9 Å². The van der Waals surface area contributed by atoms with Crippen LogP contribution in [0.3, 0.4) is 0 Å². The molecular formula is C19H29N3O2. The minimum absolute atomic E-state index is 0.0601. The van der Waals surface area contributed by atoms with Crippen molar-refractivity contribution in [2.24, 2.45) is 0 Å². The predicted molar refractivity (Wildman–Crippen MR) is 94.9 cm³/mol. The minimum atomic E-state index is 0.0601. The zero-order valence-electron chi connectivity index (χ0n) is 14.5. The number of carbonyl (C=O) groups excluding carboxylic acids is 1. The fourth-order valence-corrected chi connectivity index (χ4v) is 3.58. The summed E-state index contributed by atoms with van der Waals surface area (Å²) in [6, 6.07) is 10.5. The smallest absolute Gasteiger partial charge is 0.317 e. The Labute approximate surface area is 145 Å². The Morgan fingerprint density at radius 2 is 1.88 bits per heavy atom. The molecule has 1 aromatic carbocycles. The monoisotopic (exact) mass is 331 g/mol. The van der Waals surface area contributed by atoms with Crippen LogP contribution in [-0.2, 0) is 11.3 Å². The van der Waals surface area contributed by atoms with Gasteiger partial charge in [-0.2, -0.15) is 0 Å². The molecule has 0 aromatic heterocycles. The second kappa shape index (κ2) is 9.04. The van der Waals surface area contributed by atoms with Crippen LogP contribution in [0.4, 0.5) is 4.79 Å². The summed E-state index contributed by atoms with van der Waals surface area (Å²) in [5.74, 6) is 0. The van der Waals surface area contributed by atoms with Gasteiger partial charge in [0.15, 0.2) is 0 Å². The number of amides is 2. The van der Waals surface area contributed by atoms with Crippen LogP contribution in [0, 0.1) is 0 Å². The van der Waals surface area contributed by atoms with Gasteiger partial charge in [-0.15, -0.1) is 0 Å². The molecule has 0 spiro atoms. The third kappa shape index (κ3) is 4.95. The van der Waals surface area contributed by atoms with Crippen LogP contribution < -0.4 is 5.32 Å². The number of carbonyl (C=O) groups is 1. The Hall–Kier alpha value is -1.59. The van der Waals surface area contributed by atoms with E-state index in [4.69, 9.17) is 4.74 Å². The molecule has 2 saturated heterocycles. The largest absolute Gasteiger partial charge is 0.381 e. The van der Waals surface area contributed by atoms with Crippen molar-refractivity contribution in [1.82, 2.24) is 15.1 Å². The number of nitrogens with one attached hydrogen (secondary N) is 1. The number of benzene rings is 1. The number of urea groups is 1. The van der Waals surface area contributed by atoms with Gasteiger partial charge in [0.25, 0.3) is 0 Å². The van der Waals surface area contributed by atoms with Crippen LogP contribution in [0.25, 0.3) is 0 Å². The van der Waals surface area contributed by atoms with Gasteiger partial charge in [-0.05, 0) is 44.3 Å². The van der Waals surface area contributed by atoms with E-state index in [1.54, 1.807) is 0 Å². The molecule has 5 heteroatoms. The molecule has 0 saturated carbocycles. The first kappa shape index (κ1) is 17.2. The Balaban J connectivity index is 1.55. The van der Waals surface area contributed by atoms with Crippen LogP contribution in [0.15, 0.2) is 30.3 Å². The number of hydrogen-bond donors (Lipinski definition) is 1. The molecule has 0 unspecified atom stereocenters. The van der Waals surface area contributed by atoms with Gasteiger partial charge in [0.1, 0.15) is 0 Å². The first-order valence-corrected chi connectivity index (χ1v) is 9.21. The van der Waals surface area contributed by atoms with Crippen molar-refractivity contribution >= 4 is 6.03 Å². The number of nitrogens with zero attached hydrogens (tertiary/aromatic N) is 2. The fraction of sp³-hybridized carbons (Fsp3) is 0.632. The molecule has 0 aliphatic carbocycles. The third-order valence-electron chi connectivity index (χ3n) is 5.03. The summed E-state index contributed by atoms with van der Waals surface area (Å²) in [4.78, 5) is 17.3. The average molecular weight is 331 g/mol. The van der Waals surface area contributed by atoms with E-state index in [0.717, 1.165) is 44.7 Å². The van der Waals surface area contributed by atoms with Gasteiger partial charge in [-0.3, -0.25) is 0 Å². The molecule has 2 aliphatic heterocycles. The molecule has 0 radical (unpaired) electrons. The first-order valence-electron chi connectivity index (χ1n) is 9.21. The summed E-state index contributed by atoms with van der Waals surface area (Å²) in [5, 5.41) is 3.10. The standard InChI is InChI=1S/C19H29N3O2/c23-19(20-16-17-6-2-1-3-7-17)22(18-8-14-24-15-9-18)13-12-21-10-4-5-11-21/h1-3,6-7,18H,4-5,8-16H2,(H,20,23). The van der Waals surface area contributed by atoms with E-state index in [-0.39, 0.29) is 6.03 Å². The quantitative estimate of drug-likeness (QED) is 0.871. The lowest BCUT2D eigenvalue weighted by Crippen LogP contribution is -2.50. The van der Waals surface area contributed by atoms with Gasteiger partial charge in [0.05, 0.1) is 0 Å². The molecule has 5 nitrogen and oxygen atoms in total. The van der Waals surface area contributed by atoms with Crippen LogP contribution in [0.5, 0.6) is 0 Å². The van der Waals surface area contributed by atoms with Gasteiger partial charge in [0, 0.05) is 38.9 Å². The van der Waals surface area contributed by atoms with Crippen molar-refractivity contribution in [2.45, 2.75) is 38.3 Å². The summed E-state index contributed by atoms with van der Waals surface area (Å²) in [6.07, 6.45) is 4.46. The first-order chi connectivity index (χ1) is 11.8. The van der Waals surface area contributed by atoms with Gasteiger partial charge in [-0.25, -0.2) is 4.79 Å². The normalized spacial score (nSPS) is 19.3. The highest BCUT2D eigenvalue weighted by Crippen LogP contribution is 2.16. The summed E-state index contributed by atoms with van der Waals surface area (Å²) < 4.78 is 5.47. The molecule has 2 aliphatic rings. The van der Waals surface area contributed by atoms with E-state index in [1.807, 2.05) is 35.2 Å². The zero-order chi connectivity index (χ0) is 16.6. The van der Waals surface area contributed by atoms with E-state index in [0.29, 0.717) is 12.6 Å². The zero-order valence-corrected chi connectivity index (χ0v) is 14.5. The van der Waals surface area contributed by atoms with Gasteiger partial charge < -0.3 is 19.9 Å². The molecule has 24 heavy (non-hydrogen) atoms. The molecule has 0 atom stereocenters. The number of likely N-dealkylation sites (tertiary alicyclic amines) is 1. The molecule has 0 bridgehead atoms. The van der Waals surface area contributed by atoms with Crippen molar-refractivity contribution in [2.75, 3.05) is 39.4 Å². The maximum absolute atomic E-state index is 12.8. The van der Waals surface area contributed by atoms with Crippen molar-refractivity contribution in [3.05, 3.63) is 35.9 Å². The molecule has 132 valence electrons. The molecule has 2 heterocycles. The van der Waals surface area contributed by atoms with E-state index in [9.17, 15) is 4.79 Å². The Kier molecular flexibility index (Phi) is 6.49. The van der Waals surface area contributed by atoms with Crippen LogP contribution in [-0.4, -0.2) is 61.3 Å². The molecule has 2 fully saturated rings. The lowest BCUT2D eigenvalue weighted by molar-refractivity contribution is 0.0436. The van der Waals surface area contributed by atoms with Gasteiger partial charge in [0.2, 0.25) is 0 Å². The lowest BCUT2D eigenvalue weighted by Gasteiger charge is -2.35. The molecule has 1 N–H and O–H groups in total. The summed E-state index contributed by atoms with van der Waals surface area (Å²) in [5.41, 5.74) is 1.14. The van der Waals surface area contributed by atoms with Crippen LogP contribution in [0.1, 0.15) is 31.2 Å². The summed E-state index contributed by atoms with van der Waals surface area (Å²) in [6.45, 7) is 6.25. The number of hydrogen-bond acceptors (Lipinski definition) is 3. The van der Waals surface area contributed by atoms with Crippen LogP contribution in [0.2, 0.25) is 0 Å². The highest BCUT2D eigenvalue weighted by atomic mass is 16.5. The minimum Gasteiger partial charge on any atom is -0.381 e. The number of rotatable bonds is 6. The second-order valence-electron chi connectivity index (χ2n) is 6.73. The molecular weight excluding hydrogens is 302 g/mol. The maximum atomic E-state index is 12.8. The highest BCUT2D eigenvalue weighted by molar-refractivity contribution is 5.74. The summed E-state index contributed by atoms with van der Waals surface area (Å²) in [7, 11) is 0. The second-order valence-corrected chi connectivity index (χ2v) is 6.73. The van der Waals surface area contributed by atoms with Crippen molar-refractivity contribution in [3.63, 3.8) is 0 Å². The van der Waals surface area contributed by atoms with Crippen molar-refractivity contribution < 1.29 is 9.53 Å². The van der Waals surface area contributed by atoms with E-state index >= 15 is 0 Å². The SMILES string of the molecule is O=C(NCc1ccccc1)N(CCN1CCCC1)C1CCOCC1. The van der Waals surface area contributed by atoms with Gasteiger partial charge >= 0.3 is 6.03 Å². The van der Waals surface area contributed by atoms with E-state index in [2.05, 4.69) is 10.2 Å². The Bertz CT molecular complexity index is 497. The summed E-state index contributed by atoms with van der Waals surface area (Å²) >= 11 is 0. The Morgan fingerprint density at radius 3 is 2.58 bits per heavy atom. The fourth-order valence-electron chi connectivity index (χ4n) is 3.58. The van der Waals surface area contributed by atoms with Crippen molar-refractivity contribution in [1.29, 1.82) is 0 Å². The topological polar surface area (TPSA) is 44.8 Å². The predicted octanol–water partition coefficient (Wildman–Crippen LogP) is 2.47. The van der Waals surface area contributed by atoms with Gasteiger partial charge in [-0.1, -0.05) is 30.3 Å². The van der Waals surface area contributed by atoms with Crippen molar-refractivity contribution in [3.8, 4) is 0 Å². The van der Waals surface area contributed by atoms with E-state index < -0.39 is 0 Å².